The van der Waals surface area contributed by atoms with Crippen molar-refractivity contribution in [3.63, 3.8) is 0 Å². The van der Waals surface area contributed by atoms with Gasteiger partial charge < -0.3 is 9.88 Å². The number of carbonyl (C=O) groups is 1. The molecule has 2 fully saturated rings. The summed E-state index contributed by atoms with van der Waals surface area (Å²) in [4.78, 5) is 30.1. The number of amides is 1. The fraction of sp³-hybridized carbons (Fsp3) is 0.455. The molecule has 5 rings (SSSR count). The number of hydrogen-bond donors (Lipinski definition) is 1. The van der Waals surface area contributed by atoms with Crippen LogP contribution in [0.2, 0.25) is 0 Å². The SMILES string of the molecule is Cc1ccc2[nH]c(=O)cc(C(=O)N3CCC[C@H](Cn4cc(C5CC5)nn4)C3)c2c1. The van der Waals surface area contributed by atoms with Crippen molar-refractivity contribution in [2.24, 2.45) is 5.92 Å². The molecule has 0 spiro atoms. The van der Waals surface area contributed by atoms with E-state index in [-0.39, 0.29) is 11.5 Å². The minimum atomic E-state index is -0.242. The third-order valence-electron chi connectivity index (χ3n) is 6.03. The van der Waals surface area contributed by atoms with Crippen molar-refractivity contribution < 1.29 is 4.79 Å². The van der Waals surface area contributed by atoms with Crippen LogP contribution in [-0.2, 0) is 6.54 Å². The number of aromatic amines is 1. The van der Waals surface area contributed by atoms with Gasteiger partial charge in [0.1, 0.15) is 0 Å². The Morgan fingerprint density at radius 3 is 2.93 bits per heavy atom. The maximum Gasteiger partial charge on any atom is 0.254 e. The Kier molecular flexibility index (Phi) is 4.45. The Morgan fingerprint density at radius 1 is 1.24 bits per heavy atom. The lowest BCUT2D eigenvalue weighted by Crippen LogP contribution is -2.41. The number of rotatable bonds is 4. The van der Waals surface area contributed by atoms with Crippen molar-refractivity contribution in [1.29, 1.82) is 0 Å². The highest BCUT2D eigenvalue weighted by atomic mass is 16.2. The summed E-state index contributed by atoms with van der Waals surface area (Å²) in [6.07, 6.45) is 6.52. The Hall–Kier alpha value is -2.96. The number of pyridine rings is 1. The molecule has 7 heteroatoms. The molecule has 1 saturated carbocycles. The maximum atomic E-state index is 13.3. The standard InChI is InChI=1S/C22H25N5O2/c1-14-4-7-19-17(9-14)18(10-21(28)23-19)22(29)26-8-2-3-15(11-26)12-27-13-20(24-25-27)16-5-6-16/h4,7,9-10,13,15-16H,2-3,5-6,8,11-12H2,1H3,(H,23,28)/t15-/m0/s1. The van der Waals surface area contributed by atoms with Gasteiger partial charge in [-0.15, -0.1) is 5.10 Å². The molecule has 2 aromatic heterocycles. The minimum absolute atomic E-state index is 0.0614. The van der Waals surface area contributed by atoms with Gasteiger partial charge in [0.2, 0.25) is 5.56 Å². The summed E-state index contributed by atoms with van der Waals surface area (Å²) >= 11 is 0. The zero-order valence-corrected chi connectivity index (χ0v) is 16.6. The van der Waals surface area contributed by atoms with Crippen LogP contribution in [0.1, 0.15) is 53.2 Å². The van der Waals surface area contributed by atoms with Gasteiger partial charge in [0.25, 0.3) is 5.91 Å². The largest absolute Gasteiger partial charge is 0.338 e. The number of hydrogen-bond acceptors (Lipinski definition) is 4. The highest BCUT2D eigenvalue weighted by Gasteiger charge is 2.29. The van der Waals surface area contributed by atoms with Crippen molar-refractivity contribution >= 4 is 16.8 Å². The van der Waals surface area contributed by atoms with E-state index in [0.717, 1.165) is 42.6 Å². The molecular weight excluding hydrogens is 366 g/mol. The number of aromatic nitrogens is 4. The number of H-pyrrole nitrogens is 1. The van der Waals surface area contributed by atoms with E-state index in [1.165, 1.54) is 18.9 Å². The van der Waals surface area contributed by atoms with E-state index >= 15 is 0 Å². The van der Waals surface area contributed by atoms with E-state index in [4.69, 9.17) is 0 Å². The van der Waals surface area contributed by atoms with Gasteiger partial charge in [0, 0.05) is 48.7 Å². The Bertz CT molecular complexity index is 1130. The normalized spacial score (nSPS) is 19.6. The first kappa shape index (κ1) is 18.1. The van der Waals surface area contributed by atoms with Gasteiger partial charge in [0.05, 0.1) is 11.3 Å². The number of carbonyl (C=O) groups excluding carboxylic acids is 1. The molecule has 0 unspecified atom stereocenters. The van der Waals surface area contributed by atoms with Gasteiger partial charge in [-0.2, -0.15) is 0 Å². The predicted octanol–water partition coefficient (Wildman–Crippen LogP) is 2.86. The maximum absolute atomic E-state index is 13.3. The predicted molar refractivity (Wildman–Crippen MR) is 110 cm³/mol. The molecule has 3 heterocycles. The van der Waals surface area contributed by atoms with E-state index < -0.39 is 0 Å². The third kappa shape index (κ3) is 3.69. The third-order valence-corrected chi connectivity index (χ3v) is 6.03. The molecule has 1 aromatic carbocycles. The topological polar surface area (TPSA) is 83.9 Å². The van der Waals surface area contributed by atoms with Crippen LogP contribution in [-0.4, -0.2) is 43.9 Å². The average Bonchev–Trinajstić information content (AvgIpc) is 3.47. The second-order valence-electron chi connectivity index (χ2n) is 8.50. The second kappa shape index (κ2) is 7.13. The number of likely N-dealkylation sites (tertiary alicyclic amines) is 1. The summed E-state index contributed by atoms with van der Waals surface area (Å²) in [5.74, 6) is 0.881. The summed E-state index contributed by atoms with van der Waals surface area (Å²) < 4.78 is 1.93. The van der Waals surface area contributed by atoms with Crippen LogP contribution >= 0.6 is 0 Å². The quantitative estimate of drug-likeness (QED) is 0.741. The number of piperidine rings is 1. The number of nitrogens with zero attached hydrogens (tertiary/aromatic N) is 4. The van der Waals surface area contributed by atoms with E-state index in [9.17, 15) is 9.59 Å². The molecule has 1 aliphatic carbocycles. The van der Waals surface area contributed by atoms with E-state index in [1.54, 1.807) is 0 Å². The Balaban J connectivity index is 1.36. The lowest BCUT2D eigenvalue weighted by Gasteiger charge is -2.33. The zero-order chi connectivity index (χ0) is 20.0. The molecule has 1 atom stereocenters. The van der Waals surface area contributed by atoms with Crippen molar-refractivity contribution in [2.45, 2.75) is 45.1 Å². The van der Waals surface area contributed by atoms with Gasteiger partial charge in [-0.3, -0.25) is 14.3 Å². The van der Waals surface area contributed by atoms with Crippen molar-refractivity contribution in [2.75, 3.05) is 13.1 Å². The monoisotopic (exact) mass is 391 g/mol. The van der Waals surface area contributed by atoms with Crippen LogP contribution in [0.5, 0.6) is 0 Å². The second-order valence-corrected chi connectivity index (χ2v) is 8.50. The van der Waals surface area contributed by atoms with Gasteiger partial charge in [-0.1, -0.05) is 16.8 Å². The average molecular weight is 391 g/mol. The lowest BCUT2D eigenvalue weighted by molar-refractivity contribution is 0.0661. The molecule has 1 N–H and O–H groups in total. The fourth-order valence-electron chi connectivity index (χ4n) is 4.35. The summed E-state index contributed by atoms with van der Waals surface area (Å²) in [6, 6.07) is 7.21. The highest BCUT2D eigenvalue weighted by Crippen LogP contribution is 2.38. The summed E-state index contributed by atoms with van der Waals surface area (Å²) in [5, 5.41) is 9.38. The van der Waals surface area contributed by atoms with E-state index in [2.05, 4.69) is 21.5 Å². The van der Waals surface area contributed by atoms with Gasteiger partial charge >= 0.3 is 0 Å². The smallest absolute Gasteiger partial charge is 0.254 e. The van der Waals surface area contributed by atoms with Crippen LogP contribution in [0.3, 0.4) is 0 Å². The summed E-state index contributed by atoms with van der Waals surface area (Å²) in [6.45, 7) is 4.17. The van der Waals surface area contributed by atoms with Crippen LogP contribution in [0.15, 0.2) is 35.3 Å². The number of fused-ring (bicyclic) bond motifs is 1. The Morgan fingerprint density at radius 2 is 2.10 bits per heavy atom. The minimum Gasteiger partial charge on any atom is -0.338 e. The van der Waals surface area contributed by atoms with Crippen LogP contribution in [0, 0.1) is 12.8 Å². The molecule has 1 amide bonds. The fourth-order valence-corrected chi connectivity index (χ4v) is 4.35. The van der Waals surface area contributed by atoms with Crippen LogP contribution in [0.25, 0.3) is 10.9 Å². The molecule has 150 valence electrons. The first-order valence-corrected chi connectivity index (χ1v) is 10.4. The summed E-state index contributed by atoms with van der Waals surface area (Å²) in [5.41, 5.74) is 3.11. The van der Waals surface area contributed by atoms with Gasteiger partial charge in [0.15, 0.2) is 0 Å². The van der Waals surface area contributed by atoms with Gasteiger partial charge in [-0.05, 0) is 50.7 Å². The molecule has 7 nitrogen and oxygen atoms in total. The molecule has 1 saturated heterocycles. The van der Waals surface area contributed by atoms with Crippen LogP contribution < -0.4 is 5.56 Å². The molecular formula is C22H25N5O2. The zero-order valence-electron chi connectivity index (χ0n) is 16.6. The first-order valence-electron chi connectivity index (χ1n) is 10.4. The molecule has 2 aliphatic rings. The molecule has 1 aliphatic heterocycles. The van der Waals surface area contributed by atoms with Crippen molar-refractivity contribution in [1.82, 2.24) is 24.9 Å². The van der Waals surface area contributed by atoms with E-state index in [1.807, 2.05) is 34.7 Å². The highest BCUT2D eigenvalue weighted by molar-refractivity contribution is 6.06. The number of benzene rings is 1. The Labute approximate surface area is 168 Å². The molecule has 3 aromatic rings. The van der Waals surface area contributed by atoms with Crippen molar-refractivity contribution in [3.05, 3.63) is 57.6 Å². The molecule has 0 bridgehead atoms. The lowest BCUT2D eigenvalue weighted by atomic mass is 9.96. The van der Waals surface area contributed by atoms with E-state index in [0.29, 0.717) is 29.5 Å². The molecule has 29 heavy (non-hydrogen) atoms. The van der Waals surface area contributed by atoms with Crippen LogP contribution in [0.4, 0.5) is 0 Å². The van der Waals surface area contributed by atoms with Crippen molar-refractivity contribution in [3.8, 4) is 0 Å². The molecule has 0 radical (unpaired) electrons. The number of nitrogens with one attached hydrogen (secondary N) is 1. The first-order chi connectivity index (χ1) is 14.1. The summed E-state index contributed by atoms with van der Waals surface area (Å²) in [7, 11) is 0. The van der Waals surface area contributed by atoms with Gasteiger partial charge in [-0.25, -0.2) is 0 Å². The number of aryl methyl sites for hydroxylation is 1.